The van der Waals surface area contributed by atoms with E-state index in [9.17, 15) is 0 Å². The van der Waals surface area contributed by atoms with Crippen molar-refractivity contribution in [2.24, 2.45) is 0 Å². The van der Waals surface area contributed by atoms with Gasteiger partial charge in [0, 0.05) is 0 Å². The largest absolute Gasteiger partial charge is 0.547 e. The zero-order chi connectivity index (χ0) is 9.61. The fourth-order valence-electron chi connectivity index (χ4n) is 1.17. The Balaban J connectivity index is 4.20. The maximum Gasteiger partial charge on any atom is 0.249 e. The van der Waals surface area contributed by atoms with Gasteiger partial charge in [0.25, 0.3) is 0 Å². The van der Waals surface area contributed by atoms with Crippen LogP contribution in [0.1, 0.15) is 20.8 Å². The molecule has 0 unspecified atom stereocenters. The molecule has 0 saturated heterocycles. The molecule has 0 aromatic heterocycles. The van der Waals surface area contributed by atoms with Crippen molar-refractivity contribution < 1.29 is 4.43 Å². The van der Waals surface area contributed by atoms with Gasteiger partial charge in [-0.15, -0.1) is 0 Å². The number of hydrogen-bond acceptors (Lipinski definition) is 1. The molecule has 12 heavy (non-hydrogen) atoms. The fourth-order valence-corrected chi connectivity index (χ4v) is 3.78. The van der Waals surface area contributed by atoms with Crippen molar-refractivity contribution in [1.29, 1.82) is 0 Å². The molecular formula is C8H16Cl2OSi. The summed E-state index contributed by atoms with van der Waals surface area (Å²) in [5.74, 6) is 0. The van der Waals surface area contributed by atoms with Gasteiger partial charge in [-0.05, 0) is 18.1 Å². The minimum Gasteiger partial charge on any atom is -0.547 e. The third kappa shape index (κ3) is 3.83. The molecule has 0 radical (unpaired) electrons. The molecule has 0 atom stereocenters. The lowest BCUT2D eigenvalue weighted by Crippen LogP contribution is -2.33. The van der Waals surface area contributed by atoms with E-state index in [0.717, 1.165) is 18.1 Å². The summed E-state index contributed by atoms with van der Waals surface area (Å²) in [5, 5.41) is 0. The smallest absolute Gasteiger partial charge is 0.249 e. The Bertz CT molecular complexity index is 143. The standard InChI is InChI=1S/C8H16Cl2OSi/c1-4-12(5-2,6-3)11-7-8(9)10/h7H,4-6H2,1-3H3. The van der Waals surface area contributed by atoms with Gasteiger partial charge < -0.3 is 4.43 Å². The van der Waals surface area contributed by atoms with E-state index >= 15 is 0 Å². The Morgan fingerprint density at radius 3 is 1.83 bits per heavy atom. The molecule has 0 saturated carbocycles. The first kappa shape index (κ1) is 12.3. The normalized spacial score (nSPS) is 11.1. The monoisotopic (exact) mass is 226 g/mol. The van der Waals surface area contributed by atoms with E-state index in [2.05, 4.69) is 20.8 Å². The quantitative estimate of drug-likeness (QED) is 0.503. The Morgan fingerprint density at radius 2 is 1.58 bits per heavy atom. The van der Waals surface area contributed by atoms with Crippen molar-refractivity contribution in [2.45, 2.75) is 38.9 Å². The summed E-state index contributed by atoms with van der Waals surface area (Å²) in [6.07, 6.45) is 1.48. The predicted octanol–water partition coefficient (Wildman–Crippen LogP) is 4.28. The number of halogens is 2. The van der Waals surface area contributed by atoms with Crippen LogP contribution in [0.3, 0.4) is 0 Å². The highest BCUT2D eigenvalue weighted by Crippen LogP contribution is 2.23. The molecule has 0 bridgehead atoms. The van der Waals surface area contributed by atoms with Crippen LogP contribution >= 0.6 is 23.2 Å². The molecule has 1 nitrogen and oxygen atoms in total. The molecule has 0 heterocycles. The van der Waals surface area contributed by atoms with Crippen LogP contribution in [0.5, 0.6) is 0 Å². The van der Waals surface area contributed by atoms with Crippen molar-refractivity contribution in [3.63, 3.8) is 0 Å². The highest BCUT2D eigenvalue weighted by molar-refractivity contribution is 6.73. The van der Waals surface area contributed by atoms with Crippen LogP contribution in [0.2, 0.25) is 18.1 Å². The second-order valence-corrected chi connectivity index (χ2v) is 8.50. The number of hydrogen-bond donors (Lipinski definition) is 0. The van der Waals surface area contributed by atoms with E-state index in [1.54, 1.807) is 0 Å². The van der Waals surface area contributed by atoms with Gasteiger partial charge in [0.15, 0.2) is 0 Å². The van der Waals surface area contributed by atoms with Gasteiger partial charge in [-0.1, -0.05) is 44.0 Å². The van der Waals surface area contributed by atoms with E-state index in [1.165, 1.54) is 6.26 Å². The summed E-state index contributed by atoms with van der Waals surface area (Å²) in [6, 6.07) is 3.33. The second-order valence-electron chi connectivity index (χ2n) is 2.77. The van der Waals surface area contributed by atoms with Gasteiger partial charge >= 0.3 is 0 Å². The molecule has 0 spiro atoms. The summed E-state index contributed by atoms with van der Waals surface area (Å²) in [4.78, 5) is 0. The molecule has 0 amide bonds. The minimum atomic E-state index is -1.53. The van der Waals surface area contributed by atoms with Crippen LogP contribution in [-0.2, 0) is 4.43 Å². The fraction of sp³-hybridized carbons (Fsp3) is 0.750. The number of rotatable bonds is 5. The molecule has 0 N–H and O–H groups in total. The third-order valence-electron chi connectivity index (χ3n) is 2.33. The van der Waals surface area contributed by atoms with E-state index in [1.807, 2.05) is 0 Å². The van der Waals surface area contributed by atoms with E-state index in [4.69, 9.17) is 27.6 Å². The van der Waals surface area contributed by atoms with Crippen LogP contribution in [0.4, 0.5) is 0 Å². The predicted molar refractivity (Wildman–Crippen MR) is 58.1 cm³/mol. The third-order valence-corrected chi connectivity index (χ3v) is 6.99. The molecule has 0 rings (SSSR count). The van der Waals surface area contributed by atoms with Crippen LogP contribution in [0.25, 0.3) is 0 Å². The molecule has 0 aliphatic carbocycles. The molecule has 0 aliphatic heterocycles. The maximum absolute atomic E-state index is 5.65. The van der Waals surface area contributed by atoms with Crippen LogP contribution in [0.15, 0.2) is 10.8 Å². The maximum atomic E-state index is 5.65. The van der Waals surface area contributed by atoms with Crippen molar-refractivity contribution in [3.05, 3.63) is 10.8 Å². The lowest BCUT2D eigenvalue weighted by atomic mass is 10.9. The first-order chi connectivity index (χ1) is 5.60. The molecular weight excluding hydrogens is 211 g/mol. The van der Waals surface area contributed by atoms with E-state index in [-0.39, 0.29) is 4.49 Å². The highest BCUT2D eigenvalue weighted by Gasteiger charge is 2.29. The average molecular weight is 227 g/mol. The van der Waals surface area contributed by atoms with Crippen molar-refractivity contribution in [2.75, 3.05) is 0 Å². The Hall–Kier alpha value is 0.337. The lowest BCUT2D eigenvalue weighted by molar-refractivity contribution is 0.458. The van der Waals surface area contributed by atoms with Gasteiger partial charge in [0.1, 0.15) is 4.49 Å². The van der Waals surface area contributed by atoms with Crippen LogP contribution in [-0.4, -0.2) is 8.32 Å². The van der Waals surface area contributed by atoms with E-state index in [0.29, 0.717) is 0 Å². The van der Waals surface area contributed by atoms with Gasteiger partial charge in [-0.2, -0.15) is 0 Å². The SMILES string of the molecule is CC[Si](CC)(CC)OC=C(Cl)Cl. The molecule has 0 aliphatic rings. The van der Waals surface area contributed by atoms with Gasteiger partial charge in [-0.25, -0.2) is 0 Å². The first-order valence-electron chi connectivity index (χ1n) is 4.29. The van der Waals surface area contributed by atoms with Gasteiger partial charge in [-0.3, -0.25) is 0 Å². The van der Waals surface area contributed by atoms with Crippen LogP contribution in [0, 0.1) is 0 Å². The summed E-state index contributed by atoms with van der Waals surface area (Å²) < 4.78 is 5.86. The van der Waals surface area contributed by atoms with Crippen molar-refractivity contribution in [1.82, 2.24) is 0 Å². The summed E-state index contributed by atoms with van der Waals surface area (Å²) in [5.41, 5.74) is 0. The zero-order valence-corrected chi connectivity index (χ0v) is 10.4. The Morgan fingerprint density at radius 1 is 1.17 bits per heavy atom. The molecule has 72 valence electrons. The summed E-state index contributed by atoms with van der Waals surface area (Å²) >= 11 is 11.0. The average Bonchev–Trinajstić information content (AvgIpc) is 2.08. The minimum absolute atomic E-state index is 0.210. The highest BCUT2D eigenvalue weighted by atomic mass is 35.5. The summed E-state index contributed by atoms with van der Waals surface area (Å²) in [7, 11) is -1.53. The van der Waals surface area contributed by atoms with E-state index < -0.39 is 8.32 Å². The van der Waals surface area contributed by atoms with Crippen LogP contribution < -0.4 is 0 Å². The lowest BCUT2D eigenvalue weighted by Gasteiger charge is -2.26. The second kappa shape index (κ2) is 5.89. The zero-order valence-electron chi connectivity index (χ0n) is 7.86. The topological polar surface area (TPSA) is 9.23 Å². The van der Waals surface area contributed by atoms with Gasteiger partial charge in [0.2, 0.25) is 8.32 Å². The van der Waals surface area contributed by atoms with Crippen molar-refractivity contribution in [3.8, 4) is 0 Å². The molecule has 4 heteroatoms. The molecule has 0 aromatic rings. The van der Waals surface area contributed by atoms with Crippen molar-refractivity contribution >= 4 is 31.5 Å². The molecule has 0 aromatic carbocycles. The summed E-state index contributed by atoms with van der Waals surface area (Å²) in [6.45, 7) is 6.49. The molecule has 0 fully saturated rings. The Labute approximate surface area is 85.8 Å². The Kier molecular flexibility index (Phi) is 6.06. The van der Waals surface area contributed by atoms with Gasteiger partial charge in [0.05, 0.1) is 6.26 Å². The first-order valence-corrected chi connectivity index (χ1v) is 7.57.